The topological polar surface area (TPSA) is 57.5 Å². The van der Waals surface area contributed by atoms with Crippen molar-refractivity contribution in [1.29, 1.82) is 0 Å². The van der Waals surface area contributed by atoms with E-state index in [-0.39, 0.29) is 17.6 Å². The largest absolute Gasteiger partial charge is 0.390 e. The predicted molar refractivity (Wildman–Crippen MR) is 89.1 cm³/mol. The summed E-state index contributed by atoms with van der Waals surface area (Å²) >= 11 is 0. The molecule has 0 heterocycles. The molecule has 4 heteroatoms. The normalized spacial score (nSPS) is 57.0. The molecular formula is C20H29FO3. The Morgan fingerprint density at radius 3 is 2.54 bits per heavy atom. The SMILES string of the molecule is CC12CCC(=O)C=C1CCC1C3CC[C@](C)(O)C3(C)CC(O)[C@@]12F. The molecule has 3 nitrogen and oxygen atoms in total. The molecule has 7 atom stereocenters. The highest BCUT2D eigenvalue weighted by Crippen LogP contribution is 2.70. The maximum Gasteiger partial charge on any atom is 0.155 e. The zero-order valence-electron chi connectivity index (χ0n) is 14.9. The van der Waals surface area contributed by atoms with Crippen LogP contribution in [0, 0.1) is 22.7 Å². The first kappa shape index (κ1) is 16.7. The summed E-state index contributed by atoms with van der Waals surface area (Å²) in [6.07, 6.45) is 4.60. The highest BCUT2D eigenvalue weighted by molar-refractivity contribution is 5.91. The quantitative estimate of drug-likeness (QED) is 0.713. The molecule has 0 saturated heterocycles. The van der Waals surface area contributed by atoms with Gasteiger partial charge in [0.2, 0.25) is 0 Å². The van der Waals surface area contributed by atoms with Gasteiger partial charge in [-0.25, -0.2) is 4.39 Å². The molecule has 0 bridgehead atoms. The fraction of sp³-hybridized carbons (Fsp3) is 0.850. The number of aliphatic hydroxyl groups is 2. The van der Waals surface area contributed by atoms with Gasteiger partial charge in [0, 0.05) is 23.2 Å². The third-order valence-electron chi connectivity index (χ3n) is 8.60. The minimum Gasteiger partial charge on any atom is -0.390 e. The van der Waals surface area contributed by atoms with Crippen LogP contribution in [0.5, 0.6) is 0 Å². The molecule has 0 aliphatic heterocycles. The van der Waals surface area contributed by atoms with Crippen molar-refractivity contribution in [1.82, 2.24) is 0 Å². The van der Waals surface area contributed by atoms with E-state index in [1.807, 2.05) is 20.8 Å². The van der Waals surface area contributed by atoms with E-state index in [1.54, 1.807) is 6.08 Å². The van der Waals surface area contributed by atoms with Crippen LogP contribution >= 0.6 is 0 Å². The minimum atomic E-state index is -1.69. The number of fused-ring (bicyclic) bond motifs is 5. The monoisotopic (exact) mass is 336 g/mol. The third-order valence-corrected chi connectivity index (χ3v) is 8.60. The van der Waals surface area contributed by atoms with Gasteiger partial charge < -0.3 is 10.2 Å². The van der Waals surface area contributed by atoms with Gasteiger partial charge in [-0.2, -0.15) is 0 Å². The van der Waals surface area contributed by atoms with E-state index in [9.17, 15) is 15.0 Å². The van der Waals surface area contributed by atoms with Crippen LogP contribution in [0.15, 0.2) is 11.6 Å². The van der Waals surface area contributed by atoms with E-state index >= 15 is 4.39 Å². The van der Waals surface area contributed by atoms with Crippen molar-refractivity contribution < 1.29 is 19.4 Å². The Bertz CT molecular complexity index is 626. The van der Waals surface area contributed by atoms with Crippen molar-refractivity contribution in [3.05, 3.63) is 11.6 Å². The first-order chi connectivity index (χ1) is 11.1. The lowest BCUT2D eigenvalue weighted by Crippen LogP contribution is -2.68. The van der Waals surface area contributed by atoms with Crippen molar-refractivity contribution in [3.63, 3.8) is 0 Å². The van der Waals surface area contributed by atoms with Crippen molar-refractivity contribution >= 4 is 5.78 Å². The summed E-state index contributed by atoms with van der Waals surface area (Å²) in [7, 11) is 0. The molecule has 5 unspecified atom stereocenters. The molecule has 24 heavy (non-hydrogen) atoms. The summed E-state index contributed by atoms with van der Waals surface area (Å²) in [6, 6.07) is 0. The van der Waals surface area contributed by atoms with Gasteiger partial charge in [-0.15, -0.1) is 0 Å². The third kappa shape index (κ3) is 1.72. The first-order valence-corrected chi connectivity index (χ1v) is 9.39. The van der Waals surface area contributed by atoms with Crippen LogP contribution in [0.3, 0.4) is 0 Å². The van der Waals surface area contributed by atoms with Gasteiger partial charge in [-0.3, -0.25) is 4.79 Å². The molecule has 3 saturated carbocycles. The molecule has 3 fully saturated rings. The zero-order chi connectivity index (χ0) is 17.5. The Balaban J connectivity index is 1.82. The zero-order valence-corrected chi connectivity index (χ0v) is 14.9. The van der Waals surface area contributed by atoms with Gasteiger partial charge in [-0.1, -0.05) is 19.4 Å². The fourth-order valence-electron chi connectivity index (χ4n) is 6.79. The van der Waals surface area contributed by atoms with E-state index < -0.39 is 28.2 Å². The number of allylic oxidation sites excluding steroid dienone is 1. The molecule has 2 N–H and O–H groups in total. The molecule has 134 valence electrons. The van der Waals surface area contributed by atoms with Crippen LogP contribution in [-0.2, 0) is 4.79 Å². The lowest BCUT2D eigenvalue weighted by atomic mass is 9.44. The molecule has 4 rings (SSSR count). The predicted octanol–water partition coefficient (Wildman–Crippen LogP) is 3.33. The number of rotatable bonds is 0. The number of aliphatic hydroxyl groups excluding tert-OH is 1. The van der Waals surface area contributed by atoms with Crippen molar-refractivity contribution in [2.45, 2.75) is 83.1 Å². The van der Waals surface area contributed by atoms with E-state index in [1.165, 1.54) is 0 Å². The highest BCUT2D eigenvalue weighted by Gasteiger charge is 2.72. The first-order valence-electron chi connectivity index (χ1n) is 9.39. The molecule has 0 radical (unpaired) electrons. The van der Waals surface area contributed by atoms with Crippen molar-refractivity contribution in [3.8, 4) is 0 Å². The van der Waals surface area contributed by atoms with Crippen LogP contribution in [0.2, 0.25) is 0 Å². The Morgan fingerprint density at radius 1 is 1.12 bits per heavy atom. The Kier molecular flexibility index (Phi) is 3.27. The number of carbonyl (C=O) groups excluding carboxylic acids is 1. The number of carbonyl (C=O) groups is 1. The lowest BCUT2D eigenvalue weighted by molar-refractivity contribution is -0.225. The molecule has 0 spiro atoms. The van der Waals surface area contributed by atoms with Gasteiger partial charge in [0.25, 0.3) is 0 Å². The summed E-state index contributed by atoms with van der Waals surface area (Å²) in [4.78, 5) is 11.8. The van der Waals surface area contributed by atoms with Gasteiger partial charge in [0.05, 0.1) is 11.7 Å². The van der Waals surface area contributed by atoms with Gasteiger partial charge >= 0.3 is 0 Å². The molecule has 0 aromatic carbocycles. The molecule has 4 aliphatic carbocycles. The Hall–Kier alpha value is -0.740. The second-order valence-electron chi connectivity index (χ2n) is 9.44. The van der Waals surface area contributed by atoms with E-state index in [2.05, 4.69) is 0 Å². The van der Waals surface area contributed by atoms with Crippen LogP contribution in [0.25, 0.3) is 0 Å². The van der Waals surface area contributed by atoms with E-state index in [4.69, 9.17) is 0 Å². The van der Waals surface area contributed by atoms with Gasteiger partial charge in [0.1, 0.15) is 5.67 Å². The average Bonchev–Trinajstić information content (AvgIpc) is 2.72. The maximum atomic E-state index is 16.6. The summed E-state index contributed by atoms with van der Waals surface area (Å²) in [5.74, 6) is -0.0593. The second kappa shape index (κ2) is 4.70. The number of ketones is 1. The molecule has 0 aromatic heterocycles. The summed E-state index contributed by atoms with van der Waals surface area (Å²) in [5.41, 5.74) is -2.83. The van der Waals surface area contributed by atoms with E-state index in [0.717, 1.165) is 18.4 Å². The molecule has 0 amide bonds. The Morgan fingerprint density at radius 2 is 1.83 bits per heavy atom. The smallest absolute Gasteiger partial charge is 0.155 e. The Labute approximate surface area is 143 Å². The number of hydrogen-bond donors (Lipinski definition) is 2. The maximum absolute atomic E-state index is 16.6. The van der Waals surface area contributed by atoms with Crippen LogP contribution in [0.4, 0.5) is 4.39 Å². The second-order valence-corrected chi connectivity index (χ2v) is 9.44. The van der Waals surface area contributed by atoms with Crippen molar-refractivity contribution in [2.24, 2.45) is 22.7 Å². The van der Waals surface area contributed by atoms with Crippen LogP contribution in [-0.4, -0.2) is 33.4 Å². The fourth-order valence-corrected chi connectivity index (χ4v) is 6.79. The summed E-state index contributed by atoms with van der Waals surface area (Å²) in [6.45, 7) is 5.79. The average molecular weight is 336 g/mol. The minimum absolute atomic E-state index is 0.0865. The van der Waals surface area contributed by atoms with E-state index in [0.29, 0.717) is 32.1 Å². The van der Waals surface area contributed by atoms with Crippen LogP contribution in [0.1, 0.15) is 65.7 Å². The van der Waals surface area contributed by atoms with Crippen LogP contribution < -0.4 is 0 Å². The summed E-state index contributed by atoms with van der Waals surface area (Å²) < 4.78 is 16.6. The summed E-state index contributed by atoms with van der Waals surface area (Å²) in [5, 5.41) is 21.9. The molecule has 0 aromatic rings. The van der Waals surface area contributed by atoms with Gasteiger partial charge in [0.15, 0.2) is 5.78 Å². The number of alkyl halides is 1. The molecule has 4 aliphatic rings. The molecular weight excluding hydrogens is 307 g/mol. The standard InChI is InChI=1S/C20H29FO3/c1-17-8-6-13(22)10-12(17)4-5-15-14-7-9-19(3,24)18(14,2)11-16(23)20(15,17)21/h10,14-16,23-24H,4-9,11H2,1-3H3/t14?,15?,16?,17?,18?,19-,20-/m0/s1. The lowest BCUT2D eigenvalue weighted by Gasteiger charge is -2.63. The van der Waals surface area contributed by atoms with Gasteiger partial charge in [-0.05, 0) is 57.4 Å². The number of halogens is 1. The highest BCUT2D eigenvalue weighted by atomic mass is 19.1. The van der Waals surface area contributed by atoms with Crippen molar-refractivity contribution in [2.75, 3.05) is 0 Å². The number of hydrogen-bond acceptors (Lipinski definition) is 3.